The molecule has 0 aliphatic rings. The zero-order chi connectivity index (χ0) is 15.1. The Bertz CT molecular complexity index is 810. The van der Waals surface area contributed by atoms with E-state index in [9.17, 15) is 4.39 Å². The number of aromatic nitrogens is 3. The molecule has 3 aromatic rings. The Kier molecular flexibility index (Phi) is 3.63. The van der Waals surface area contributed by atoms with Crippen LogP contribution in [0, 0.1) is 12.7 Å². The summed E-state index contributed by atoms with van der Waals surface area (Å²) in [5.41, 5.74) is 1.95. The number of nitrogens with zero attached hydrogens (tertiary/aromatic N) is 3. The minimum absolute atomic E-state index is 0.0400. The Labute approximate surface area is 130 Å². The lowest BCUT2D eigenvalue weighted by atomic mass is 10.3. The first-order chi connectivity index (χ1) is 9.95. The second-order valence-electron chi connectivity index (χ2n) is 4.86. The molecule has 0 spiro atoms. The quantitative estimate of drug-likeness (QED) is 0.666. The molecule has 1 unspecified atom stereocenters. The van der Waals surface area contributed by atoms with Gasteiger partial charge in [-0.25, -0.2) is 9.37 Å². The van der Waals surface area contributed by atoms with E-state index in [1.165, 1.54) is 12.1 Å². The Hall–Kier alpha value is -1.59. The third-order valence-corrected chi connectivity index (χ3v) is 3.66. The van der Waals surface area contributed by atoms with Gasteiger partial charge in [0, 0.05) is 12.1 Å². The van der Waals surface area contributed by atoms with Gasteiger partial charge < -0.3 is 9.09 Å². The summed E-state index contributed by atoms with van der Waals surface area (Å²) in [5.74, 6) is 0.855. The number of halogens is 3. The Morgan fingerprint density at radius 2 is 2.14 bits per heavy atom. The van der Waals surface area contributed by atoms with Crippen LogP contribution in [0.25, 0.3) is 11.0 Å². The monoisotopic (exact) mass is 327 g/mol. The number of imidazole rings is 1. The Balaban J connectivity index is 2.17. The fourth-order valence-corrected chi connectivity index (χ4v) is 2.59. The molecule has 2 aromatic heterocycles. The molecule has 2 heterocycles. The summed E-state index contributed by atoms with van der Waals surface area (Å²) in [6, 6.07) is 4.68. The first-order valence-corrected chi connectivity index (χ1v) is 7.18. The predicted molar refractivity (Wildman–Crippen MR) is 79.3 cm³/mol. The molecule has 3 rings (SSSR count). The van der Waals surface area contributed by atoms with E-state index in [-0.39, 0.29) is 10.4 Å². The highest BCUT2D eigenvalue weighted by Crippen LogP contribution is 2.28. The normalized spacial score (nSPS) is 13.0. The van der Waals surface area contributed by atoms with Crippen molar-refractivity contribution in [1.29, 1.82) is 0 Å². The zero-order valence-corrected chi connectivity index (χ0v) is 12.9. The molecule has 0 bridgehead atoms. The molecule has 7 heteroatoms. The van der Waals surface area contributed by atoms with Crippen LogP contribution in [0.1, 0.15) is 29.6 Å². The van der Waals surface area contributed by atoms with Gasteiger partial charge in [-0.2, -0.15) is 0 Å². The number of aryl methyl sites for hydroxylation is 1. The van der Waals surface area contributed by atoms with Crippen LogP contribution in [0.5, 0.6) is 0 Å². The molecule has 0 saturated heterocycles. The fraction of sp³-hybridized carbons (Fsp3) is 0.286. The van der Waals surface area contributed by atoms with Crippen LogP contribution in [0.3, 0.4) is 0 Å². The summed E-state index contributed by atoms with van der Waals surface area (Å²) >= 11 is 12.0. The van der Waals surface area contributed by atoms with Crippen molar-refractivity contribution >= 4 is 34.2 Å². The van der Waals surface area contributed by atoms with Crippen molar-refractivity contribution in [2.75, 3.05) is 0 Å². The van der Waals surface area contributed by atoms with Gasteiger partial charge in [0.1, 0.15) is 23.1 Å². The summed E-state index contributed by atoms with van der Waals surface area (Å²) in [5, 5.41) is 3.66. The zero-order valence-electron chi connectivity index (χ0n) is 11.4. The molecule has 1 aromatic carbocycles. The van der Waals surface area contributed by atoms with E-state index >= 15 is 0 Å². The average Bonchev–Trinajstić information content (AvgIpc) is 2.96. The predicted octanol–water partition coefficient (Wildman–Crippen LogP) is 4.47. The highest BCUT2D eigenvalue weighted by Gasteiger charge is 2.18. The number of rotatable bonds is 3. The molecule has 0 saturated carbocycles. The molecule has 0 aliphatic carbocycles. The van der Waals surface area contributed by atoms with Gasteiger partial charge in [-0.1, -0.05) is 16.8 Å². The van der Waals surface area contributed by atoms with Crippen LogP contribution >= 0.6 is 23.2 Å². The number of hydrogen-bond acceptors (Lipinski definition) is 3. The van der Waals surface area contributed by atoms with Crippen LogP contribution < -0.4 is 0 Å². The Morgan fingerprint density at radius 1 is 1.38 bits per heavy atom. The van der Waals surface area contributed by atoms with Gasteiger partial charge >= 0.3 is 0 Å². The van der Waals surface area contributed by atoms with Crippen molar-refractivity contribution in [2.45, 2.75) is 25.8 Å². The van der Waals surface area contributed by atoms with Crippen molar-refractivity contribution in [2.24, 2.45) is 0 Å². The molecule has 0 radical (unpaired) electrons. The van der Waals surface area contributed by atoms with Gasteiger partial charge in [0.15, 0.2) is 0 Å². The van der Waals surface area contributed by atoms with E-state index in [0.29, 0.717) is 29.2 Å². The van der Waals surface area contributed by atoms with E-state index in [1.54, 1.807) is 0 Å². The van der Waals surface area contributed by atoms with Gasteiger partial charge in [0.2, 0.25) is 0 Å². The molecule has 0 aliphatic heterocycles. The summed E-state index contributed by atoms with van der Waals surface area (Å²) in [6.07, 6.45) is 0. The highest BCUT2D eigenvalue weighted by molar-refractivity contribution is 6.31. The molecular weight excluding hydrogens is 316 g/mol. The van der Waals surface area contributed by atoms with Gasteiger partial charge in [-0.3, -0.25) is 0 Å². The average molecular weight is 328 g/mol. The molecule has 1 atom stereocenters. The molecule has 0 amide bonds. The molecule has 4 nitrogen and oxygen atoms in total. The SMILES string of the molecule is Cc1cc(Cn2c(C(C)Cl)nc3cc(Cl)c(F)cc32)no1. The van der Waals surface area contributed by atoms with E-state index in [0.717, 1.165) is 5.69 Å². The summed E-state index contributed by atoms with van der Waals surface area (Å²) in [4.78, 5) is 4.44. The molecule has 0 N–H and O–H groups in total. The topological polar surface area (TPSA) is 43.9 Å². The van der Waals surface area contributed by atoms with Gasteiger partial charge in [0.05, 0.1) is 28.0 Å². The van der Waals surface area contributed by atoms with Crippen molar-refractivity contribution in [3.63, 3.8) is 0 Å². The lowest BCUT2D eigenvalue weighted by Gasteiger charge is -2.08. The third kappa shape index (κ3) is 2.63. The van der Waals surface area contributed by atoms with Crippen molar-refractivity contribution in [3.8, 4) is 0 Å². The summed E-state index contributed by atoms with van der Waals surface area (Å²) in [6.45, 7) is 4.03. The van der Waals surface area contributed by atoms with Crippen LogP contribution in [-0.2, 0) is 6.54 Å². The lowest BCUT2D eigenvalue weighted by molar-refractivity contribution is 0.389. The minimum Gasteiger partial charge on any atom is -0.361 e. The maximum Gasteiger partial charge on any atom is 0.144 e. The molecule has 110 valence electrons. The maximum absolute atomic E-state index is 13.7. The van der Waals surface area contributed by atoms with Gasteiger partial charge in [0.25, 0.3) is 0 Å². The first-order valence-electron chi connectivity index (χ1n) is 6.37. The van der Waals surface area contributed by atoms with Crippen LogP contribution in [0.15, 0.2) is 22.7 Å². The summed E-state index contributed by atoms with van der Waals surface area (Å²) < 4.78 is 20.6. The largest absolute Gasteiger partial charge is 0.361 e. The third-order valence-electron chi connectivity index (χ3n) is 3.17. The van der Waals surface area contributed by atoms with E-state index in [2.05, 4.69) is 10.1 Å². The second-order valence-corrected chi connectivity index (χ2v) is 5.92. The minimum atomic E-state index is -0.490. The van der Waals surface area contributed by atoms with Crippen LogP contribution in [-0.4, -0.2) is 14.7 Å². The molecule has 21 heavy (non-hydrogen) atoms. The molecule has 0 fully saturated rings. The van der Waals surface area contributed by atoms with Crippen LogP contribution in [0.4, 0.5) is 4.39 Å². The number of benzene rings is 1. The summed E-state index contributed by atoms with van der Waals surface area (Å²) in [7, 11) is 0. The number of hydrogen-bond donors (Lipinski definition) is 0. The second kappa shape index (κ2) is 5.31. The first kappa shape index (κ1) is 14.4. The van der Waals surface area contributed by atoms with Gasteiger partial charge in [-0.15, -0.1) is 11.6 Å². The standard InChI is InChI=1S/C14H12Cl2FN3O/c1-7-3-9(19-21-7)6-20-13-5-11(17)10(16)4-12(13)18-14(20)8(2)15/h3-5,8H,6H2,1-2H3. The molecular formula is C14H12Cl2FN3O. The van der Waals surface area contributed by atoms with E-state index in [1.807, 2.05) is 24.5 Å². The van der Waals surface area contributed by atoms with Crippen LogP contribution in [0.2, 0.25) is 5.02 Å². The fourth-order valence-electron chi connectivity index (χ4n) is 2.26. The van der Waals surface area contributed by atoms with Crippen molar-refractivity contribution in [3.05, 3.63) is 46.3 Å². The van der Waals surface area contributed by atoms with Gasteiger partial charge in [-0.05, 0) is 19.9 Å². The van der Waals surface area contributed by atoms with Crippen molar-refractivity contribution < 1.29 is 8.91 Å². The van der Waals surface area contributed by atoms with E-state index < -0.39 is 5.82 Å². The van der Waals surface area contributed by atoms with Crippen molar-refractivity contribution in [1.82, 2.24) is 14.7 Å². The number of fused-ring (bicyclic) bond motifs is 1. The lowest BCUT2D eigenvalue weighted by Crippen LogP contribution is -2.06. The number of alkyl halides is 1. The maximum atomic E-state index is 13.7. The highest BCUT2D eigenvalue weighted by atomic mass is 35.5. The smallest absolute Gasteiger partial charge is 0.144 e. The Morgan fingerprint density at radius 3 is 2.76 bits per heavy atom. The van der Waals surface area contributed by atoms with E-state index in [4.69, 9.17) is 27.7 Å².